The van der Waals surface area contributed by atoms with Crippen molar-refractivity contribution >= 4 is 29.2 Å². The highest BCUT2D eigenvalue weighted by Crippen LogP contribution is 2.06. The maximum atomic E-state index is 12.1. The lowest BCUT2D eigenvalue weighted by Gasteiger charge is -2.18. The average molecular weight is 337 g/mol. The monoisotopic (exact) mass is 337 g/mol. The van der Waals surface area contributed by atoms with Crippen molar-refractivity contribution in [3.63, 3.8) is 0 Å². The zero-order valence-corrected chi connectivity index (χ0v) is 14.5. The van der Waals surface area contributed by atoms with Crippen LogP contribution in [-0.4, -0.2) is 55.2 Å². The summed E-state index contributed by atoms with van der Waals surface area (Å²) in [5.41, 5.74) is 0.668. The van der Waals surface area contributed by atoms with Crippen LogP contribution in [0, 0.1) is 0 Å². The maximum Gasteiger partial charge on any atom is 0.337 e. The molecule has 0 radical (unpaired) electrons. The van der Waals surface area contributed by atoms with E-state index in [0.29, 0.717) is 17.7 Å². The Morgan fingerprint density at radius 2 is 1.87 bits per heavy atom. The summed E-state index contributed by atoms with van der Waals surface area (Å²) in [5, 5.41) is 5.87. The van der Waals surface area contributed by atoms with Crippen LogP contribution in [0.5, 0.6) is 0 Å². The van der Waals surface area contributed by atoms with Gasteiger partial charge in [-0.1, -0.05) is 19.9 Å². The van der Waals surface area contributed by atoms with Crippen molar-refractivity contribution in [2.45, 2.75) is 13.8 Å². The van der Waals surface area contributed by atoms with Gasteiger partial charge in [0.25, 0.3) is 5.91 Å². The summed E-state index contributed by atoms with van der Waals surface area (Å²) in [5.74, 6) is -0.851. The van der Waals surface area contributed by atoms with Crippen LogP contribution in [0.3, 0.4) is 0 Å². The molecule has 126 valence electrons. The molecule has 0 saturated carbocycles. The molecule has 1 amide bonds. The van der Waals surface area contributed by atoms with Gasteiger partial charge >= 0.3 is 5.97 Å². The lowest BCUT2D eigenvalue weighted by molar-refractivity contribution is 0.0600. The second-order valence-corrected chi connectivity index (χ2v) is 5.22. The molecule has 0 aliphatic carbocycles. The summed E-state index contributed by atoms with van der Waals surface area (Å²) in [7, 11) is 1.30. The van der Waals surface area contributed by atoms with E-state index in [-0.39, 0.29) is 11.0 Å². The minimum absolute atomic E-state index is 0.269. The van der Waals surface area contributed by atoms with Gasteiger partial charge in [0.05, 0.1) is 12.7 Å². The highest BCUT2D eigenvalue weighted by Gasteiger charge is 2.11. The fourth-order valence-electron chi connectivity index (χ4n) is 1.99. The fourth-order valence-corrected chi connectivity index (χ4v) is 2.19. The van der Waals surface area contributed by atoms with Crippen LogP contribution in [0.25, 0.3) is 0 Å². The highest BCUT2D eigenvalue weighted by molar-refractivity contribution is 7.80. The van der Waals surface area contributed by atoms with Crippen molar-refractivity contribution in [1.29, 1.82) is 0 Å². The van der Waals surface area contributed by atoms with E-state index < -0.39 is 5.97 Å². The third-order valence-electron chi connectivity index (χ3n) is 3.38. The van der Waals surface area contributed by atoms with E-state index in [1.54, 1.807) is 18.2 Å². The number of benzene rings is 1. The molecular weight excluding hydrogens is 314 g/mol. The SMILES string of the molecule is CCN(CC)CCNC(=S)NC(=O)c1cccc(C(=O)OC)c1. The molecule has 1 aromatic carbocycles. The van der Waals surface area contributed by atoms with Crippen molar-refractivity contribution in [2.24, 2.45) is 0 Å². The molecule has 0 aliphatic heterocycles. The molecule has 0 heterocycles. The Kier molecular flexibility index (Phi) is 8.21. The Labute approximate surface area is 142 Å². The first-order valence-electron chi connectivity index (χ1n) is 7.51. The van der Waals surface area contributed by atoms with Crippen LogP contribution in [0.1, 0.15) is 34.6 Å². The van der Waals surface area contributed by atoms with Gasteiger partial charge < -0.3 is 15.0 Å². The first kappa shape index (κ1) is 19.1. The molecule has 1 rings (SSSR count). The first-order valence-corrected chi connectivity index (χ1v) is 7.92. The van der Waals surface area contributed by atoms with E-state index in [1.807, 2.05) is 0 Å². The second-order valence-electron chi connectivity index (χ2n) is 4.81. The normalized spacial score (nSPS) is 10.3. The highest BCUT2D eigenvalue weighted by atomic mass is 32.1. The molecule has 0 aliphatic rings. The van der Waals surface area contributed by atoms with Crippen molar-refractivity contribution in [3.05, 3.63) is 35.4 Å². The van der Waals surface area contributed by atoms with Crippen molar-refractivity contribution in [2.75, 3.05) is 33.3 Å². The number of carbonyl (C=O) groups excluding carboxylic acids is 2. The van der Waals surface area contributed by atoms with Crippen LogP contribution >= 0.6 is 12.2 Å². The van der Waals surface area contributed by atoms with Crippen molar-refractivity contribution in [1.82, 2.24) is 15.5 Å². The summed E-state index contributed by atoms with van der Waals surface area (Å²) >= 11 is 5.11. The Morgan fingerprint density at radius 1 is 1.22 bits per heavy atom. The molecule has 0 spiro atoms. The van der Waals surface area contributed by atoms with Gasteiger partial charge in [-0.15, -0.1) is 0 Å². The van der Waals surface area contributed by atoms with Crippen molar-refractivity contribution in [3.8, 4) is 0 Å². The van der Waals surface area contributed by atoms with E-state index >= 15 is 0 Å². The molecule has 1 aromatic rings. The van der Waals surface area contributed by atoms with E-state index in [4.69, 9.17) is 12.2 Å². The molecule has 23 heavy (non-hydrogen) atoms. The lowest BCUT2D eigenvalue weighted by Crippen LogP contribution is -2.42. The summed E-state index contributed by atoms with van der Waals surface area (Å²) in [4.78, 5) is 25.8. The molecule has 0 bridgehead atoms. The Balaban J connectivity index is 2.52. The average Bonchev–Trinajstić information content (AvgIpc) is 2.58. The van der Waals surface area contributed by atoms with Crippen LogP contribution in [0.4, 0.5) is 0 Å². The Hall–Kier alpha value is -1.99. The number of carbonyl (C=O) groups is 2. The minimum atomic E-state index is -0.487. The van der Waals surface area contributed by atoms with Gasteiger partial charge in [0.1, 0.15) is 0 Å². The van der Waals surface area contributed by atoms with Gasteiger partial charge in [-0.2, -0.15) is 0 Å². The summed E-state index contributed by atoms with van der Waals surface area (Å²) in [6, 6.07) is 6.29. The molecule has 0 fully saturated rings. The number of esters is 1. The lowest BCUT2D eigenvalue weighted by atomic mass is 10.1. The second kappa shape index (κ2) is 9.91. The van der Waals surface area contributed by atoms with E-state index in [9.17, 15) is 9.59 Å². The number of nitrogens with one attached hydrogen (secondary N) is 2. The summed E-state index contributed by atoms with van der Waals surface area (Å²) in [6.45, 7) is 7.63. The largest absolute Gasteiger partial charge is 0.465 e. The standard InChI is InChI=1S/C16H23N3O3S/c1-4-19(5-2)10-9-17-16(23)18-14(20)12-7-6-8-13(11-12)15(21)22-3/h6-8,11H,4-5,9-10H2,1-3H3,(H2,17,18,20,23). The Morgan fingerprint density at radius 3 is 2.48 bits per heavy atom. The molecule has 6 nitrogen and oxygen atoms in total. The summed E-state index contributed by atoms with van der Waals surface area (Å²) < 4.78 is 4.64. The van der Waals surface area contributed by atoms with Gasteiger partial charge in [0.2, 0.25) is 0 Å². The quantitative estimate of drug-likeness (QED) is 0.579. The maximum absolute atomic E-state index is 12.1. The van der Waals surface area contributed by atoms with Gasteiger partial charge in [0, 0.05) is 18.7 Å². The smallest absolute Gasteiger partial charge is 0.337 e. The number of nitrogens with zero attached hydrogens (tertiary/aromatic N) is 1. The number of thiocarbonyl (C=S) groups is 1. The molecule has 7 heteroatoms. The third-order valence-corrected chi connectivity index (χ3v) is 3.63. The first-order chi connectivity index (χ1) is 11.0. The van der Waals surface area contributed by atoms with Gasteiger partial charge in [-0.05, 0) is 43.5 Å². The number of hydrogen-bond acceptors (Lipinski definition) is 5. The number of likely N-dealkylation sites (N-methyl/N-ethyl adjacent to an activating group) is 1. The van der Waals surface area contributed by atoms with Crippen LogP contribution in [0.2, 0.25) is 0 Å². The van der Waals surface area contributed by atoms with Gasteiger partial charge in [-0.25, -0.2) is 4.79 Å². The van der Waals surface area contributed by atoms with Gasteiger partial charge in [-0.3, -0.25) is 10.1 Å². The predicted molar refractivity (Wildman–Crippen MR) is 93.6 cm³/mol. The zero-order chi connectivity index (χ0) is 17.2. The Bertz CT molecular complexity index is 559. The number of methoxy groups -OCH3 is 1. The minimum Gasteiger partial charge on any atom is -0.465 e. The fraction of sp³-hybridized carbons (Fsp3) is 0.438. The number of ether oxygens (including phenoxy) is 1. The molecule has 0 aromatic heterocycles. The van der Waals surface area contributed by atoms with E-state index in [2.05, 4.69) is 34.1 Å². The third kappa shape index (κ3) is 6.33. The van der Waals surface area contributed by atoms with Crippen LogP contribution < -0.4 is 10.6 Å². The zero-order valence-electron chi connectivity index (χ0n) is 13.7. The number of rotatable bonds is 7. The summed E-state index contributed by atoms with van der Waals surface area (Å²) in [6.07, 6.45) is 0. The van der Waals surface area contributed by atoms with Crippen LogP contribution in [0.15, 0.2) is 24.3 Å². The molecule has 0 atom stereocenters. The van der Waals surface area contributed by atoms with E-state index in [1.165, 1.54) is 13.2 Å². The van der Waals surface area contributed by atoms with Crippen LogP contribution in [-0.2, 0) is 4.74 Å². The molecule has 0 saturated heterocycles. The van der Waals surface area contributed by atoms with E-state index in [0.717, 1.165) is 19.6 Å². The predicted octanol–water partition coefficient (Wildman–Crippen LogP) is 1.42. The van der Waals surface area contributed by atoms with Gasteiger partial charge in [0.15, 0.2) is 5.11 Å². The topological polar surface area (TPSA) is 70.7 Å². The number of amides is 1. The van der Waals surface area contributed by atoms with Crippen molar-refractivity contribution < 1.29 is 14.3 Å². The molecular formula is C16H23N3O3S. The molecule has 2 N–H and O–H groups in total. The number of hydrogen-bond donors (Lipinski definition) is 2. The molecule has 0 unspecified atom stereocenters.